The molecular formula is C18H12N2O3S2. The molecule has 3 aromatic rings. The van der Waals surface area contributed by atoms with Crippen LogP contribution < -0.4 is 9.62 Å². The zero-order valence-corrected chi connectivity index (χ0v) is 14.5. The number of amides is 1. The van der Waals surface area contributed by atoms with Crippen LogP contribution in [-0.2, 0) is 10.0 Å². The van der Waals surface area contributed by atoms with E-state index < -0.39 is 15.9 Å². The van der Waals surface area contributed by atoms with Crippen molar-refractivity contribution in [2.24, 2.45) is 0 Å². The molecule has 3 aromatic carbocycles. The molecule has 4 rings (SSSR count). The van der Waals surface area contributed by atoms with Gasteiger partial charge in [0, 0.05) is 10.9 Å². The lowest BCUT2D eigenvalue weighted by molar-refractivity contribution is 0.0977. The molecule has 0 saturated carbocycles. The third kappa shape index (κ3) is 2.40. The van der Waals surface area contributed by atoms with Crippen molar-refractivity contribution < 1.29 is 13.2 Å². The maximum atomic E-state index is 12.9. The molecule has 1 amide bonds. The Morgan fingerprint density at radius 3 is 2.32 bits per heavy atom. The lowest BCUT2D eigenvalue weighted by Gasteiger charge is -2.19. The molecule has 1 aliphatic heterocycles. The first-order valence-corrected chi connectivity index (χ1v) is 9.32. The molecule has 0 bridgehead atoms. The monoisotopic (exact) mass is 368 g/mol. The van der Waals surface area contributed by atoms with Crippen LogP contribution in [0.2, 0.25) is 0 Å². The van der Waals surface area contributed by atoms with Crippen LogP contribution in [0.15, 0.2) is 71.6 Å². The van der Waals surface area contributed by atoms with Crippen molar-refractivity contribution in [2.75, 3.05) is 4.31 Å². The van der Waals surface area contributed by atoms with Crippen molar-refractivity contribution >= 4 is 49.7 Å². The van der Waals surface area contributed by atoms with E-state index in [0.717, 1.165) is 9.69 Å². The molecule has 124 valence electrons. The number of benzene rings is 3. The second-order valence-electron chi connectivity index (χ2n) is 5.53. The fourth-order valence-electron chi connectivity index (χ4n) is 2.93. The summed E-state index contributed by atoms with van der Waals surface area (Å²) in [7, 11) is -3.85. The standard InChI is InChI=1S/C18H12N2O3S2/c21-17(13-6-2-1-3-7-13)19-18(24)20-14-10-4-8-12-9-5-11-15(16(12)14)25(20,22)23/h1-11H,(H,19,21,24). The number of hydrogen-bond acceptors (Lipinski definition) is 4. The Morgan fingerprint density at radius 2 is 1.60 bits per heavy atom. The molecule has 5 nitrogen and oxygen atoms in total. The summed E-state index contributed by atoms with van der Waals surface area (Å²) in [6, 6.07) is 18.8. The summed E-state index contributed by atoms with van der Waals surface area (Å²) in [5, 5.41) is 3.76. The molecule has 0 fully saturated rings. The third-order valence-electron chi connectivity index (χ3n) is 4.02. The minimum Gasteiger partial charge on any atom is -0.298 e. The van der Waals surface area contributed by atoms with Crippen molar-refractivity contribution in [1.29, 1.82) is 0 Å². The van der Waals surface area contributed by atoms with Crippen LogP contribution in [0.25, 0.3) is 10.8 Å². The van der Waals surface area contributed by atoms with Crippen LogP contribution in [0.4, 0.5) is 5.69 Å². The van der Waals surface area contributed by atoms with E-state index in [1.165, 1.54) is 0 Å². The van der Waals surface area contributed by atoms with Gasteiger partial charge in [0.1, 0.15) is 0 Å². The van der Waals surface area contributed by atoms with E-state index >= 15 is 0 Å². The molecule has 0 aromatic heterocycles. The Bertz CT molecular complexity index is 1120. The first kappa shape index (κ1) is 15.7. The Morgan fingerprint density at radius 1 is 0.920 bits per heavy atom. The number of anilines is 1. The summed E-state index contributed by atoms with van der Waals surface area (Å²) in [5.41, 5.74) is 0.851. The smallest absolute Gasteiger partial charge is 0.271 e. The highest BCUT2D eigenvalue weighted by atomic mass is 32.2. The van der Waals surface area contributed by atoms with Crippen LogP contribution in [0, 0.1) is 0 Å². The van der Waals surface area contributed by atoms with Crippen LogP contribution in [0.1, 0.15) is 10.4 Å². The Balaban J connectivity index is 1.75. The molecular weight excluding hydrogens is 356 g/mol. The molecule has 25 heavy (non-hydrogen) atoms. The topological polar surface area (TPSA) is 66.5 Å². The molecule has 1 N–H and O–H groups in total. The van der Waals surface area contributed by atoms with Crippen LogP contribution in [0.5, 0.6) is 0 Å². The molecule has 0 unspecified atom stereocenters. The fraction of sp³-hybridized carbons (Fsp3) is 0. The predicted molar refractivity (Wildman–Crippen MR) is 100 cm³/mol. The lowest BCUT2D eigenvalue weighted by atomic mass is 10.1. The molecule has 0 aliphatic carbocycles. The average Bonchev–Trinajstić information content (AvgIpc) is 2.85. The zero-order chi connectivity index (χ0) is 17.6. The van der Waals surface area contributed by atoms with E-state index in [-0.39, 0.29) is 10.0 Å². The summed E-state index contributed by atoms with van der Waals surface area (Å²) in [6.45, 7) is 0. The summed E-state index contributed by atoms with van der Waals surface area (Å²) in [5.74, 6) is -0.455. The van der Waals surface area contributed by atoms with Gasteiger partial charge >= 0.3 is 0 Å². The Hall–Kier alpha value is -2.77. The predicted octanol–water partition coefficient (Wildman–Crippen LogP) is 3.06. The van der Waals surface area contributed by atoms with Gasteiger partial charge in [0.05, 0.1) is 10.6 Å². The molecule has 0 saturated heterocycles. The quantitative estimate of drug-likeness (QED) is 0.671. The lowest BCUT2D eigenvalue weighted by Crippen LogP contribution is -2.44. The van der Waals surface area contributed by atoms with Gasteiger partial charge < -0.3 is 0 Å². The highest BCUT2D eigenvalue weighted by molar-refractivity contribution is 7.96. The number of nitrogens with zero attached hydrogens (tertiary/aromatic N) is 1. The Kier molecular flexibility index (Phi) is 3.55. The number of rotatable bonds is 1. The molecule has 0 radical (unpaired) electrons. The molecule has 0 spiro atoms. The van der Waals surface area contributed by atoms with Crippen molar-refractivity contribution in [3.63, 3.8) is 0 Å². The minimum atomic E-state index is -3.85. The molecule has 0 atom stereocenters. The van der Waals surface area contributed by atoms with Gasteiger partial charge in [-0.1, -0.05) is 42.5 Å². The molecule has 7 heteroatoms. The summed E-state index contributed by atoms with van der Waals surface area (Å²) in [4.78, 5) is 12.5. The van der Waals surface area contributed by atoms with Gasteiger partial charge in [-0.2, -0.15) is 0 Å². The number of carbonyl (C=O) groups excluding carboxylic acids is 1. The normalized spacial score (nSPS) is 14.5. The van der Waals surface area contributed by atoms with Crippen molar-refractivity contribution in [1.82, 2.24) is 5.32 Å². The highest BCUT2D eigenvalue weighted by Gasteiger charge is 2.38. The number of thiocarbonyl (C=S) groups is 1. The highest BCUT2D eigenvalue weighted by Crippen LogP contribution is 2.41. The van der Waals surface area contributed by atoms with Gasteiger partial charge in [-0.05, 0) is 41.9 Å². The van der Waals surface area contributed by atoms with Gasteiger partial charge in [-0.25, -0.2) is 12.7 Å². The maximum absolute atomic E-state index is 12.9. The van der Waals surface area contributed by atoms with Crippen molar-refractivity contribution in [2.45, 2.75) is 4.90 Å². The van der Waals surface area contributed by atoms with Crippen LogP contribution in [0.3, 0.4) is 0 Å². The van der Waals surface area contributed by atoms with E-state index in [4.69, 9.17) is 12.2 Å². The summed E-state index contributed by atoms with van der Waals surface area (Å²) in [6.07, 6.45) is 0. The van der Waals surface area contributed by atoms with Gasteiger partial charge in [0.15, 0.2) is 5.11 Å². The van der Waals surface area contributed by atoms with Gasteiger partial charge in [0.25, 0.3) is 15.9 Å². The second kappa shape index (κ2) is 5.65. The van der Waals surface area contributed by atoms with E-state index in [1.807, 2.05) is 12.1 Å². The van der Waals surface area contributed by atoms with E-state index in [0.29, 0.717) is 16.6 Å². The van der Waals surface area contributed by atoms with Crippen LogP contribution >= 0.6 is 12.2 Å². The first-order valence-electron chi connectivity index (χ1n) is 7.47. The zero-order valence-electron chi connectivity index (χ0n) is 12.8. The Labute approximate surface area is 149 Å². The van der Waals surface area contributed by atoms with Crippen LogP contribution in [-0.4, -0.2) is 19.4 Å². The largest absolute Gasteiger partial charge is 0.298 e. The first-order chi connectivity index (χ1) is 12.0. The number of sulfonamides is 1. The number of carbonyl (C=O) groups is 1. The van der Waals surface area contributed by atoms with E-state index in [9.17, 15) is 13.2 Å². The fourth-order valence-corrected chi connectivity index (χ4v) is 5.02. The minimum absolute atomic E-state index is 0.169. The van der Waals surface area contributed by atoms with Crippen molar-refractivity contribution in [3.8, 4) is 0 Å². The SMILES string of the molecule is O=C(NC(=S)N1c2cccc3cccc(c23)S1(=O)=O)c1ccccc1. The molecule has 1 aliphatic rings. The average molecular weight is 368 g/mol. The van der Waals surface area contributed by atoms with Gasteiger partial charge in [0.2, 0.25) is 0 Å². The summed E-state index contributed by atoms with van der Waals surface area (Å²) < 4.78 is 26.8. The number of hydrogen-bond donors (Lipinski definition) is 1. The third-order valence-corrected chi connectivity index (χ3v) is 6.18. The molecule has 1 heterocycles. The van der Waals surface area contributed by atoms with E-state index in [2.05, 4.69) is 5.32 Å². The van der Waals surface area contributed by atoms with Gasteiger partial charge in [-0.3, -0.25) is 10.1 Å². The van der Waals surface area contributed by atoms with Crippen molar-refractivity contribution in [3.05, 3.63) is 72.3 Å². The second-order valence-corrected chi connectivity index (χ2v) is 7.67. The maximum Gasteiger partial charge on any atom is 0.271 e. The number of nitrogens with one attached hydrogen (secondary N) is 1. The van der Waals surface area contributed by atoms with E-state index in [1.54, 1.807) is 54.6 Å². The van der Waals surface area contributed by atoms with Gasteiger partial charge in [-0.15, -0.1) is 0 Å². The summed E-state index contributed by atoms with van der Waals surface area (Å²) >= 11 is 5.25.